The summed E-state index contributed by atoms with van der Waals surface area (Å²) in [7, 11) is 1.62. The topological polar surface area (TPSA) is 77.2 Å². The van der Waals surface area contributed by atoms with Crippen LogP contribution >= 0.6 is 0 Å². The van der Waals surface area contributed by atoms with Crippen molar-refractivity contribution in [3.63, 3.8) is 0 Å². The molecule has 4 rings (SSSR count). The molecular weight excluding hydrogens is 354 g/mol. The number of hydrogen-bond acceptors (Lipinski definition) is 5. The van der Waals surface area contributed by atoms with Gasteiger partial charge in [0.2, 0.25) is 5.89 Å². The minimum absolute atomic E-state index is 0.184. The first kappa shape index (κ1) is 17.7. The van der Waals surface area contributed by atoms with Crippen molar-refractivity contribution in [1.29, 1.82) is 0 Å². The van der Waals surface area contributed by atoms with Crippen LogP contribution in [0.25, 0.3) is 22.7 Å². The van der Waals surface area contributed by atoms with Gasteiger partial charge in [-0.2, -0.15) is 0 Å². The maximum absolute atomic E-state index is 12.5. The van der Waals surface area contributed by atoms with E-state index in [1.54, 1.807) is 25.3 Å². The van der Waals surface area contributed by atoms with Gasteiger partial charge in [-0.1, -0.05) is 18.2 Å². The summed E-state index contributed by atoms with van der Waals surface area (Å²) < 4.78 is 11.0. The van der Waals surface area contributed by atoms with Gasteiger partial charge in [0.1, 0.15) is 17.0 Å². The van der Waals surface area contributed by atoms with Crippen LogP contribution in [-0.4, -0.2) is 23.0 Å². The molecule has 0 unspecified atom stereocenters. The number of nitrogens with one attached hydrogen (secondary N) is 1. The zero-order chi connectivity index (χ0) is 19.5. The van der Waals surface area contributed by atoms with Crippen LogP contribution in [0.3, 0.4) is 0 Å². The van der Waals surface area contributed by atoms with Crippen LogP contribution in [0.15, 0.2) is 65.1 Å². The van der Waals surface area contributed by atoms with E-state index >= 15 is 0 Å². The summed E-state index contributed by atoms with van der Waals surface area (Å²) in [6.45, 7) is 2.32. The van der Waals surface area contributed by atoms with Gasteiger partial charge in [-0.3, -0.25) is 4.79 Å². The van der Waals surface area contributed by atoms with Crippen LogP contribution in [0.1, 0.15) is 21.6 Å². The van der Waals surface area contributed by atoms with Gasteiger partial charge in [0.25, 0.3) is 5.91 Å². The normalized spacial score (nSPS) is 10.8. The molecule has 140 valence electrons. The molecule has 6 nitrogen and oxygen atoms in total. The monoisotopic (exact) mass is 373 g/mol. The zero-order valence-corrected chi connectivity index (χ0v) is 15.6. The largest absolute Gasteiger partial charge is 0.497 e. The fraction of sp³-hybridized carbons (Fsp3) is 0.136. The van der Waals surface area contributed by atoms with Crippen molar-refractivity contribution < 1.29 is 13.9 Å². The molecule has 2 heterocycles. The number of rotatable bonds is 5. The molecule has 1 amide bonds. The highest BCUT2D eigenvalue weighted by molar-refractivity contribution is 5.97. The number of ether oxygens (including phenoxy) is 1. The Hall–Kier alpha value is -3.67. The van der Waals surface area contributed by atoms with Gasteiger partial charge >= 0.3 is 0 Å². The number of amides is 1. The van der Waals surface area contributed by atoms with Crippen molar-refractivity contribution in [3.05, 3.63) is 77.5 Å². The molecule has 2 aromatic heterocycles. The molecule has 2 aromatic carbocycles. The number of pyridine rings is 1. The number of carbonyl (C=O) groups excluding carboxylic acids is 1. The molecule has 0 atom stereocenters. The molecular formula is C22H19N3O3. The van der Waals surface area contributed by atoms with Crippen LogP contribution in [0.5, 0.6) is 5.75 Å². The van der Waals surface area contributed by atoms with E-state index in [0.717, 1.165) is 17.0 Å². The van der Waals surface area contributed by atoms with E-state index in [9.17, 15) is 4.79 Å². The summed E-state index contributed by atoms with van der Waals surface area (Å²) in [5, 5.41) is 2.91. The summed E-state index contributed by atoms with van der Waals surface area (Å²) in [5.41, 5.74) is 4.25. The molecule has 0 radical (unpaired) electrons. The predicted octanol–water partition coefficient (Wildman–Crippen LogP) is 4.14. The second-order valence-electron chi connectivity index (χ2n) is 6.40. The Balaban J connectivity index is 1.53. The highest BCUT2D eigenvalue weighted by atomic mass is 16.5. The molecule has 0 saturated carbocycles. The first-order valence-corrected chi connectivity index (χ1v) is 8.88. The van der Waals surface area contributed by atoms with E-state index in [1.807, 2.05) is 49.4 Å². The third kappa shape index (κ3) is 3.71. The van der Waals surface area contributed by atoms with Gasteiger partial charge in [0.05, 0.1) is 7.11 Å². The van der Waals surface area contributed by atoms with Gasteiger partial charge in [0.15, 0.2) is 5.58 Å². The lowest BCUT2D eigenvalue weighted by Gasteiger charge is -2.07. The molecule has 28 heavy (non-hydrogen) atoms. The molecule has 0 aliphatic heterocycles. The number of aromatic nitrogens is 2. The van der Waals surface area contributed by atoms with E-state index in [0.29, 0.717) is 34.8 Å². The van der Waals surface area contributed by atoms with Crippen LogP contribution in [0.2, 0.25) is 0 Å². The standard InChI is InChI=1S/C22H19N3O3/c1-14-5-3-8-19(24-14)22-25-18-10-9-16(12-20(18)28-22)21(26)23-13-15-6-4-7-17(11-15)27-2/h3-12H,13H2,1-2H3,(H,23,26). The van der Waals surface area contributed by atoms with E-state index in [1.165, 1.54) is 0 Å². The van der Waals surface area contributed by atoms with Crippen LogP contribution in [0, 0.1) is 6.92 Å². The van der Waals surface area contributed by atoms with Crippen LogP contribution in [0.4, 0.5) is 0 Å². The average molecular weight is 373 g/mol. The third-order valence-electron chi connectivity index (χ3n) is 4.35. The predicted molar refractivity (Wildman–Crippen MR) is 106 cm³/mol. The van der Waals surface area contributed by atoms with E-state index in [2.05, 4.69) is 15.3 Å². The zero-order valence-electron chi connectivity index (χ0n) is 15.6. The number of carbonyl (C=O) groups is 1. The highest BCUT2D eigenvalue weighted by Gasteiger charge is 2.13. The molecule has 0 spiro atoms. The van der Waals surface area contributed by atoms with Gasteiger partial charge in [-0.05, 0) is 55.0 Å². The smallest absolute Gasteiger partial charge is 0.251 e. The second-order valence-corrected chi connectivity index (χ2v) is 6.40. The quantitative estimate of drug-likeness (QED) is 0.569. The molecule has 0 fully saturated rings. The Morgan fingerprint density at radius 2 is 1.93 bits per heavy atom. The minimum atomic E-state index is -0.184. The molecule has 6 heteroatoms. The SMILES string of the molecule is COc1cccc(CNC(=O)c2ccc3nc(-c4cccc(C)n4)oc3c2)c1. The van der Waals surface area contributed by atoms with Gasteiger partial charge in [-0.25, -0.2) is 9.97 Å². The fourth-order valence-electron chi connectivity index (χ4n) is 2.90. The Morgan fingerprint density at radius 3 is 2.75 bits per heavy atom. The summed E-state index contributed by atoms with van der Waals surface area (Å²) in [5.74, 6) is 1.01. The number of aryl methyl sites for hydroxylation is 1. The lowest BCUT2D eigenvalue weighted by atomic mass is 10.1. The summed E-state index contributed by atoms with van der Waals surface area (Å²) >= 11 is 0. The Morgan fingerprint density at radius 1 is 1.07 bits per heavy atom. The Kier molecular flexibility index (Phi) is 4.76. The second kappa shape index (κ2) is 7.52. The van der Waals surface area contributed by atoms with Crippen molar-refractivity contribution in [2.45, 2.75) is 13.5 Å². The lowest BCUT2D eigenvalue weighted by Crippen LogP contribution is -2.22. The number of oxazole rings is 1. The first-order valence-electron chi connectivity index (χ1n) is 8.88. The van der Waals surface area contributed by atoms with E-state index < -0.39 is 0 Å². The summed E-state index contributed by atoms with van der Waals surface area (Å²) in [4.78, 5) is 21.4. The molecule has 0 aliphatic rings. The van der Waals surface area contributed by atoms with Crippen molar-refractivity contribution in [2.24, 2.45) is 0 Å². The lowest BCUT2D eigenvalue weighted by molar-refractivity contribution is 0.0951. The van der Waals surface area contributed by atoms with Crippen molar-refractivity contribution in [3.8, 4) is 17.3 Å². The van der Waals surface area contributed by atoms with Gasteiger partial charge in [0, 0.05) is 17.8 Å². The third-order valence-corrected chi connectivity index (χ3v) is 4.35. The van der Waals surface area contributed by atoms with Crippen molar-refractivity contribution in [1.82, 2.24) is 15.3 Å². The maximum Gasteiger partial charge on any atom is 0.251 e. The number of benzene rings is 2. The van der Waals surface area contributed by atoms with Crippen molar-refractivity contribution >= 4 is 17.0 Å². The first-order chi connectivity index (χ1) is 13.6. The number of hydrogen-bond donors (Lipinski definition) is 1. The Labute approximate surface area is 162 Å². The minimum Gasteiger partial charge on any atom is -0.497 e. The van der Waals surface area contributed by atoms with Crippen LogP contribution < -0.4 is 10.1 Å². The fourth-order valence-corrected chi connectivity index (χ4v) is 2.90. The molecule has 1 N–H and O–H groups in total. The van der Waals surface area contributed by atoms with Gasteiger partial charge < -0.3 is 14.5 Å². The molecule has 0 saturated heterocycles. The van der Waals surface area contributed by atoms with Crippen molar-refractivity contribution in [2.75, 3.05) is 7.11 Å². The molecule has 0 bridgehead atoms. The number of nitrogens with zero attached hydrogens (tertiary/aromatic N) is 2. The van der Waals surface area contributed by atoms with Crippen LogP contribution in [-0.2, 0) is 6.54 Å². The molecule has 0 aliphatic carbocycles. The van der Waals surface area contributed by atoms with Gasteiger partial charge in [-0.15, -0.1) is 0 Å². The number of methoxy groups -OCH3 is 1. The van der Waals surface area contributed by atoms with E-state index in [4.69, 9.17) is 9.15 Å². The number of fused-ring (bicyclic) bond motifs is 1. The summed E-state index contributed by atoms with van der Waals surface area (Å²) in [6.07, 6.45) is 0. The highest BCUT2D eigenvalue weighted by Crippen LogP contribution is 2.24. The average Bonchev–Trinajstić information content (AvgIpc) is 3.15. The maximum atomic E-state index is 12.5. The van der Waals surface area contributed by atoms with E-state index in [-0.39, 0.29) is 5.91 Å². The Bertz CT molecular complexity index is 1150. The molecule has 4 aromatic rings. The summed E-state index contributed by atoms with van der Waals surface area (Å²) in [6, 6.07) is 18.5.